The van der Waals surface area contributed by atoms with Gasteiger partial charge in [0, 0.05) is 35.1 Å². The van der Waals surface area contributed by atoms with Crippen LogP contribution in [0.5, 0.6) is 0 Å². The molecule has 0 spiro atoms. The van der Waals surface area contributed by atoms with E-state index in [1.165, 1.54) is 11.0 Å². The summed E-state index contributed by atoms with van der Waals surface area (Å²) in [7, 11) is 0. The van der Waals surface area contributed by atoms with Crippen molar-refractivity contribution in [3.8, 4) is 0 Å². The number of amides is 2. The summed E-state index contributed by atoms with van der Waals surface area (Å²) in [5, 5.41) is 13.0. The van der Waals surface area contributed by atoms with Crippen molar-refractivity contribution in [1.82, 2.24) is 10.3 Å². The fourth-order valence-corrected chi connectivity index (χ4v) is 5.02. The summed E-state index contributed by atoms with van der Waals surface area (Å²) < 4.78 is 15.1. The maximum atomic E-state index is 15.1. The van der Waals surface area contributed by atoms with E-state index in [1.807, 2.05) is 24.3 Å². The number of fused-ring (bicyclic) bond motifs is 1. The van der Waals surface area contributed by atoms with Crippen LogP contribution in [0.3, 0.4) is 0 Å². The molecule has 1 unspecified atom stereocenters. The van der Waals surface area contributed by atoms with Crippen molar-refractivity contribution in [3.05, 3.63) is 95.4 Å². The Hall–Kier alpha value is -4.99. The molecule has 0 bridgehead atoms. The average molecular weight is 512 g/mol. The first-order chi connectivity index (χ1) is 18.4. The van der Waals surface area contributed by atoms with Gasteiger partial charge < -0.3 is 25.2 Å². The summed E-state index contributed by atoms with van der Waals surface area (Å²) in [6, 6.07) is 20.3. The molecule has 0 saturated carbocycles. The molecule has 6 rings (SSSR count). The van der Waals surface area contributed by atoms with Gasteiger partial charge in [0.05, 0.1) is 17.1 Å². The Kier molecular flexibility index (Phi) is 5.64. The summed E-state index contributed by atoms with van der Waals surface area (Å²) in [5.41, 5.74) is 2.82. The summed E-state index contributed by atoms with van der Waals surface area (Å²) in [5.74, 6) is -2.58. The third-order valence-electron chi connectivity index (χ3n) is 6.73. The maximum absolute atomic E-state index is 15.1. The van der Waals surface area contributed by atoms with Crippen LogP contribution < -0.4 is 15.1 Å². The largest absolute Gasteiger partial charge is 0.480 e. The Morgan fingerprint density at radius 2 is 1.79 bits per heavy atom. The van der Waals surface area contributed by atoms with Crippen LogP contribution in [-0.4, -0.2) is 59.4 Å². The first kappa shape index (κ1) is 23.4. The fraction of sp³-hybridized carbons (Fsp3) is 0.143. The summed E-state index contributed by atoms with van der Waals surface area (Å²) in [6.07, 6.45) is -1.34. The van der Waals surface area contributed by atoms with Crippen molar-refractivity contribution in [1.29, 1.82) is 0 Å². The third-order valence-corrected chi connectivity index (χ3v) is 6.73. The van der Waals surface area contributed by atoms with Crippen molar-refractivity contribution in [2.75, 3.05) is 29.4 Å². The van der Waals surface area contributed by atoms with Crippen LogP contribution in [-0.2, 0) is 9.59 Å². The number of aliphatic imine (C=N–C) groups is 1. The number of benzene rings is 3. The minimum atomic E-state index is -1.34. The molecule has 4 aromatic rings. The zero-order valence-corrected chi connectivity index (χ0v) is 20.0. The quantitative estimate of drug-likeness (QED) is 0.381. The van der Waals surface area contributed by atoms with Crippen molar-refractivity contribution < 1.29 is 23.9 Å². The molecule has 3 heterocycles. The van der Waals surface area contributed by atoms with Gasteiger partial charge in [-0.1, -0.05) is 42.5 Å². The van der Waals surface area contributed by atoms with Crippen molar-refractivity contribution in [2.45, 2.75) is 6.17 Å². The highest BCUT2D eigenvalue weighted by molar-refractivity contribution is 6.22. The molecular weight excluding hydrogens is 489 g/mol. The highest BCUT2D eigenvalue weighted by atomic mass is 19.1. The molecule has 10 heteroatoms. The van der Waals surface area contributed by atoms with E-state index in [0.717, 1.165) is 10.9 Å². The second kappa shape index (κ2) is 9.15. The number of aromatic amines is 1. The smallest absolute Gasteiger partial charge is 0.323 e. The predicted molar refractivity (Wildman–Crippen MR) is 140 cm³/mol. The summed E-state index contributed by atoms with van der Waals surface area (Å²) in [6.45, 7) is 0.187. The van der Waals surface area contributed by atoms with Crippen LogP contribution in [0.2, 0.25) is 0 Å². The molecule has 2 aliphatic heterocycles. The Balaban J connectivity index is 1.47. The fourth-order valence-electron chi connectivity index (χ4n) is 5.02. The molecule has 0 saturated heterocycles. The molecule has 0 aliphatic carbocycles. The van der Waals surface area contributed by atoms with Gasteiger partial charge in [0.2, 0.25) is 6.17 Å². The number of aliphatic carboxylic acids is 1. The highest BCUT2D eigenvalue weighted by Gasteiger charge is 2.38. The number of hydrogen-bond donors (Lipinski definition) is 3. The standard InChI is InChI=1S/C28H22FN5O4/c29-19-9-3-2-7-17(19)24-18-8-5-11-22-25(18)34(13-12-33(22)15-23(35)36)28(38)26(31-24)32-27(37)21-14-16-6-1-4-10-20(16)30-21/h1-11,14,26,30H,12-13,15H2,(H,32,37)(H,35,36). The van der Waals surface area contributed by atoms with Gasteiger partial charge in [-0.15, -0.1) is 0 Å². The zero-order chi connectivity index (χ0) is 26.4. The normalized spacial score (nSPS) is 16.6. The van der Waals surface area contributed by atoms with Crippen LogP contribution in [0.15, 0.2) is 77.8 Å². The van der Waals surface area contributed by atoms with E-state index in [4.69, 9.17) is 0 Å². The van der Waals surface area contributed by atoms with Crippen LogP contribution in [0.1, 0.15) is 21.6 Å². The SMILES string of the molecule is O=C(O)CN1CCN2C(=O)C(NC(=O)c3cc4ccccc4[nH]3)N=C(c3ccccc3F)c3cccc1c32. The number of rotatable bonds is 5. The van der Waals surface area contributed by atoms with E-state index in [-0.39, 0.29) is 36.6 Å². The molecule has 0 radical (unpaired) electrons. The second-order valence-electron chi connectivity index (χ2n) is 9.08. The van der Waals surface area contributed by atoms with E-state index in [0.29, 0.717) is 16.9 Å². The molecule has 3 N–H and O–H groups in total. The molecule has 2 amide bonds. The minimum Gasteiger partial charge on any atom is -0.480 e. The monoisotopic (exact) mass is 511 g/mol. The van der Waals surface area contributed by atoms with Crippen LogP contribution >= 0.6 is 0 Å². The van der Waals surface area contributed by atoms with Gasteiger partial charge in [0.15, 0.2) is 0 Å². The zero-order valence-electron chi connectivity index (χ0n) is 20.0. The first-order valence-corrected chi connectivity index (χ1v) is 12.0. The number of para-hydroxylation sites is 2. The lowest BCUT2D eigenvalue weighted by atomic mass is 9.97. The van der Waals surface area contributed by atoms with Gasteiger partial charge >= 0.3 is 5.97 Å². The summed E-state index contributed by atoms with van der Waals surface area (Å²) in [4.78, 5) is 49.4. The summed E-state index contributed by atoms with van der Waals surface area (Å²) >= 11 is 0. The first-order valence-electron chi connectivity index (χ1n) is 12.0. The number of carboxylic acids is 1. The molecule has 1 atom stereocenters. The Bertz CT molecular complexity index is 1610. The number of anilines is 2. The van der Waals surface area contributed by atoms with Crippen LogP contribution in [0.25, 0.3) is 10.9 Å². The molecule has 9 nitrogen and oxygen atoms in total. The van der Waals surface area contributed by atoms with Gasteiger partial charge in [-0.05, 0) is 30.3 Å². The van der Waals surface area contributed by atoms with E-state index in [9.17, 15) is 19.5 Å². The van der Waals surface area contributed by atoms with Gasteiger partial charge in [0.1, 0.15) is 18.1 Å². The molecule has 38 heavy (non-hydrogen) atoms. The third kappa shape index (κ3) is 3.96. The van der Waals surface area contributed by atoms with E-state index >= 15 is 4.39 Å². The van der Waals surface area contributed by atoms with E-state index < -0.39 is 29.8 Å². The van der Waals surface area contributed by atoms with Crippen molar-refractivity contribution in [2.24, 2.45) is 4.99 Å². The lowest BCUT2D eigenvalue weighted by molar-refractivity contribution is -0.135. The lowest BCUT2D eigenvalue weighted by Gasteiger charge is -2.38. The molecule has 0 fully saturated rings. The van der Waals surface area contributed by atoms with E-state index in [2.05, 4.69) is 15.3 Å². The van der Waals surface area contributed by atoms with Crippen LogP contribution in [0, 0.1) is 5.82 Å². The van der Waals surface area contributed by atoms with Crippen molar-refractivity contribution >= 4 is 45.8 Å². The second-order valence-corrected chi connectivity index (χ2v) is 9.08. The van der Waals surface area contributed by atoms with Crippen LogP contribution in [0.4, 0.5) is 15.8 Å². The maximum Gasteiger partial charge on any atom is 0.323 e. The molecule has 3 aromatic carbocycles. The van der Waals surface area contributed by atoms with Gasteiger partial charge in [0.25, 0.3) is 11.8 Å². The average Bonchev–Trinajstić information content (AvgIpc) is 3.31. The number of carbonyl (C=O) groups excluding carboxylic acids is 2. The number of nitrogens with zero attached hydrogens (tertiary/aromatic N) is 3. The number of carbonyl (C=O) groups is 3. The molecule has 190 valence electrons. The molecule has 1 aromatic heterocycles. The number of hydrogen-bond acceptors (Lipinski definition) is 5. The van der Waals surface area contributed by atoms with Crippen molar-refractivity contribution in [3.63, 3.8) is 0 Å². The molecular formula is C28H22FN5O4. The van der Waals surface area contributed by atoms with Gasteiger partial charge in [-0.3, -0.25) is 14.4 Å². The van der Waals surface area contributed by atoms with Gasteiger partial charge in [-0.2, -0.15) is 0 Å². The number of nitrogens with one attached hydrogen (secondary N) is 2. The Morgan fingerprint density at radius 1 is 1.03 bits per heavy atom. The highest BCUT2D eigenvalue weighted by Crippen LogP contribution is 2.39. The predicted octanol–water partition coefficient (Wildman–Crippen LogP) is 3.15. The topological polar surface area (TPSA) is 118 Å². The van der Waals surface area contributed by atoms with E-state index in [1.54, 1.807) is 47.4 Å². The number of halogens is 1. The minimum absolute atomic E-state index is 0.163. The number of carboxylic acid groups (broad SMARTS) is 1. The van der Waals surface area contributed by atoms with Gasteiger partial charge in [-0.25, -0.2) is 9.38 Å². The lowest BCUT2D eigenvalue weighted by Crippen LogP contribution is -2.52. The molecule has 2 aliphatic rings. The number of aromatic nitrogens is 1. The number of H-pyrrole nitrogens is 1. The Morgan fingerprint density at radius 3 is 2.58 bits per heavy atom. The Labute approximate surface area is 216 Å².